The standard InChI is InChI=1S/C114H126BN3/c1-106(2,3)85-40-28-73(29-41-85)79-60-80(74-30-42-86(43-31-74)107(4,5)6)64-95(63-79)116(94-56-52-91(53-57-94)112(19,20)21)98-71-103-105-104(72-98)118(97-67-83(77-36-48-89(49-37-77)110(13,14)15)62-84(68-97)78-38-50-90(51-39-78)111(16,17)18)102-59-55-93(114(25,26)27)70-100(102)115(105)99-69-92(113(22,23)24)54-58-101(99)117(103)96-65-81(75-32-44-87(45-33-75)108(7,8)9)61-82(66-96)76-34-46-88(47-35-76)109(10,11)12/h28-72H,1-27H3. The quantitative estimate of drug-likeness (QED) is 0.120. The summed E-state index contributed by atoms with van der Waals surface area (Å²) in [4.78, 5) is 7.96. The van der Waals surface area contributed by atoms with Gasteiger partial charge in [0.1, 0.15) is 0 Å². The third-order valence-corrected chi connectivity index (χ3v) is 25.1. The molecule has 0 spiro atoms. The van der Waals surface area contributed by atoms with Gasteiger partial charge >= 0.3 is 0 Å². The van der Waals surface area contributed by atoms with Crippen LogP contribution in [0.5, 0.6) is 0 Å². The molecule has 0 saturated carbocycles. The van der Waals surface area contributed by atoms with Crippen molar-refractivity contribution in [3.63, 3.8) is 0 Å². The monoisotopic (exact) mass is 1550 g/mol. The smallest absolute Gasteiger partial charge is 0.252 e. The van der Waals surface area contributed by atoms with E-state index in [1.807, 2.05) is 0 Å². The molecule has 2 aliphatic heterocycles. The zero-order chi connectivity index (χ0) is 84.7. The minimum atomic E-state index is -0.210. The molecule has 0 aromatic heterocycles. The fraction of sp³-hybridized carbons (Fsp3) is 0.316. The number of anilines is 9. The summed E-state index contributed by atoms with van der Waals surface area (Å²) in [6, 6.07) is 108. The summed E-state index contributed by atoms with van der Waals surface area (Å²) >= 11 is 0. The van der Waals surface area contributed by atoms with E-state index in [2.05, 4.69) is 475 Å². The van der Waals surface area contributed by atoms with Crippen LogP contribution in [0.2, 0.25) is 0 Å². The van der Waals surface area contributed by atoms with E-state index in [1.54, 1.807) is 0 Å². The molecular weight excluding hydrogens is 1420 g/mol. The SMILES string of the molecule is CC(C)(C)c1ccc(-c2cc(-c3ccc(C(C)(C)C)cc3)cc(N(c3ccc(C(C)(C)C)cc3)c3cc4c5c(c3)N(c3cc(-c6ccc(C(C)(C)C)cc6)cc(-c6ccc(C(C)(C)C)cc6)c3)c3ccc(C(C)(C)C)cc3B5c3cc(C(C)(C)C)ccc3N4c3cc(-c4ccc(C(C)(C)C)cc4)cc(-c4ccc(C(C)(C)C)cc4)c3)c2)cc1. The molecule has 0 atom stereocenters. The van der Waals surface area contributed by atoms with Gasteiger partial charge in [-0.15, -0.1) is 0 Å². The Kier molecular flexibility index (Phi) is 20.7. The highest BCUT2D eigenvalue weighted by Gasteiger charge is 2.46. The molecule has 13 aromatic rings. The summed E-state index contributed by atoms with van der Waals surface area (Å²) in [6.45, 7) is 62.7. The first kappa shape index (κ1) is 82.4. The van der Waals surface area contributed by atoms with Gasteiger partial charge in [0.25, 0.3) is 6.71 Å². The van der Waals surface area contributed by atoms with Gasteiger partial charge in [0, 0.05) is 45.5 Å². The van der Waals surface area contributed by atoms with Gasteiger partial charge in [-0.25, -0.2) is 0 Å². The number of benzene rings is 13. The Morgan fingerprint density at radius 3 is 0.610 bits per heavy atom. The zero-order valence-corrected chi connectivity index (χ0v) is 75.9. The Morgan fingerprint density at radius 1 is 0.178 bits per heavy atom. The van der Waals surface area contributed by atoms with E-state index in [4.69, 9.17) is 0 Å². The summed E-state index contributed by atoms with van der Waals surface area (Å²) in [5, 5.41) is 0. The third-order valence-electron chi connectivity index (χ3n) is 25.1. The molecule has 0 saturated heterocycles. The molecule has 600 valence electrons. The molecular formula is C114H126BN3. The van der Waals surface area contributed by atoms with Gasteiger partial charge in [0.05, 0.1) is 5.69 Å². The van der Waals surface area contributed by atoms with Crippen LogP contribution in [0.25, 0.3) is 66.8 Å². The Labute approximate surface area is 709 Å². The molecule has 0 amide bonds. The second-order valence-electron chi connectivity index (χ2n) is 43.5. The largest absolute Gasteiger partial charge is 0.311 e. The molecule has 4 heteroatoms. The van der Waals surface area contributed by atoms with Gasteiger partial charge in [-0.1, -0.05) is 369 Å². The molecule has 2 heterocycles. The van der Waals surface area contributed by atoms with Crippen LogP contribution in [-0.2, 0) is 48.7 Å². The lowest BCUT2D eigenvalue weighted by atomic mass is 9.33. The molecule has 13 aromatic carbocycles. The topological polar surface area (TPSA) is 9.72 Å². The van der Waals surface area contributed by atoms with Crippen LogP contribution in [0.1, 0.15) is 237 Å². The van der Waals surface area contributed by atoms with Gasteiger partial charge in [0.2, 0.25) is 0 Å². The van der Waals surface area contributed by atoms with Crippen LogP contribution < -0.4 is 31.1 Å². The highest BCUT2D eigenvalue weighted by atomic mass is 15.2. The number of hydrogen-bond acceptors (Lipinski definition) is 3. The molecule has 0 radical (unpaired) electrons. The lowest BCUT2D eigenvalue weighted by Gasteiger charge is -2.46. The number of rotatable bonds is 11. The second kappa shape index (κ2) is 29.7. The fourth-order valence-electron chi connectivity index (χ4n) is 17.4. The molecule has 0 N–H and O–H groups in total. The van der Waals surface area contributed by atoms with Crippen molar-refractivity contribution < 1.29 is 0 Å². The van der Waals surface area contributed by atoms with E-state index in [0.717, 1.165) is 95.7 Å². The van der Waals surface area contributed by atoms with Crippen molar-refractivity contribution in [2.45, 2.75) is 236 Å². The predicted molar refractivity (Wildman–Crippen MR) is 516 cm³/mol. The van der Waals surface area contributed by atoms with Crippen molar-refractivity contribution in [1.82, 2.24) is 0 Å². The van der Waals surface area contributed by atoms with Crippen LogP contribution in [-0.4, -0.2) is 6.71 Å². The van der Waals surface area contributed by atoms with Gasteiger partial charge in [0.15, 0.2) is 0 Å². The van der Waals surface area contributed by atoms with Crippen molar-refractivity contribution in [3.8, 4) is 66.8 Å². The second-order valence-corrected chi connectivity index (χ2v) is 43.5. The fourth-order valence-corrected chi connectivity index (χ4v) is 17.4. The van der Waals surface area contributed by atoms with Crippen LogP contribution in [0.3, 0.4) is 0 Å². The molecule has 3 nitrogen and oxygen atoms in total. The highest BCUT2D eigenvalue weighted by molar-refractivity contribution is 7.00. The van der Waals surface area contributed by atoms with E-state index in [9.17, 15) is 0 Å². The predicted octanol–water partition coefficient (Wildman–Crippen LogP) is 30.9. The average Bonchev–Trinajstić information content (AvgIpc) is 0.689. The molecule has 0 unspecified atom stereocenters. The van der Waals surface area contributed by atoms with E-state index in [-0.39, 0.29) is 55.4 Å². The van der Waals surface area contributed by atoms with Crippen molar-refractivity contribution in [3.05, 3.63) is 323 Å². The van der Waals surface area contributed by atoms with Crippen molar-refractivity contribution in [2.24, 2.45) is 0 Å². The lowest BCUT2D eigenvalue weighted by molar-refractivity contribution is 0.590. The maximum absolute atomic E-state index is 2.68. The minimum Gasteiger partial charge on any atom is -0.311 e. The minimum absolute atomic E-state index is 0.0226. The van der Waals surface area contributed by atoms with Crippen LogP contribution in [0.4, 0.5) is 51.2 Å². The van der Waals surface area contributed by atoms with Gasteiger partial charge in [-0.2, -0.15) is 0 Å². The van der Waals surface area contributed by atoms with Crippen LogP contribution >= 0.6 is 0 Å². The van der Waals surface area contributed by atoms with E-state index in [0.29, 0.717) is 0 Å². The normalized spacial score (nSPS) is 13.5. The summed E-state index contributed by atoms with van der Waals surface area (Å²) < 4.78 is 0. The number of fused-ring (bicyclic) bond motifs is 4. The van der Waals surface area contributed by atoms with Gasteiger partial charge < -0.3 is 14.7 Å². The molecule has 0 fully saturated rings. The maximum Gasteiger partial charge on any atom is 0.252 e. The average molecular weight is 1550 g/mol. The molecule has 118 heavy (non-hydrogen) atoms. The molecule has 15 rings (SSSR count). The molecule has 0 bridgehead atoms. The van der Waals surface area contributed by atoms with Crippen molar-refractivity contribution in [2.75, 3.05) is 14.7 Å². The first-order valence-electron chi connectivity index (χ1n) is 43.2. The van der Waals surface area contributed by atoms with Crippen LogP contribution in [0, 0.1) is 0 Å². The summed E-state index contributed by atoms with van der Waals surface area (Å²) in [7, 11) is 0. The highest BCUT2D eigenvalue weighted by Crippen LogP contribution is 2.53. The van der Waals surface area contributed by atoms with Crippen molar-refractivity contribution >= 4 is 74.3 Å². The zero-order valence-electron chi connectivity index (χ0n) is 75.9. The van der Waals surface area contributed by atoms with E-state index >= 15 is 0 Å². The van der Waals surface area contributed by atoms with Gasteiger partial charge in [-0.3, -0.25) is 0 Å². The number of nitrogens with zero attached hydrogens (tertiary/aromatic N) is 3. The molecule has 2 aliphatic rings. The van der Waals surface area contributed by atoms with E-state index < -0.39 is 0 Å². The summed E-state index contributed by atoms with van der Waals surface area (Å²) in [5.41, 5.74) is 38.7. The van der Waals surface area contributed by atoms with Crippen LogP contribution in [0.15, 0.2) is 273 Å². The Balaban J connectivity index is 1.12. The first-order valence-corrected chi connectivity index (χ1v) is 43.2. The Hall–Kier alpha value is -10.7. The Morgan fingerprint density at radius 2 is 0.381 bits per heavy atom. The summed E-state index contributed by atoms with van der Waals surface area (Å²) in [5.74, 6) is 0. The van der Waals surface area contributed by atoms with E-state index in [1.165, 1.54) is 88.7 Å². The van der Waals surface area contributed by atoms with Gasteiger partial charge in [-0.05, 0) is 273 Å². The molecule has 0 aliphatic carbocycles. The first-order chi connectivity index (χ1) is 55.1. The summed E-state index contributed by atoms with van der Waals surface area (Å²) in [6.07, 6.45) is 0. The maximum atomic E-state index is 2.68. The third kappa shape index (κ3) is 16.5. The lowest BCUT2D eigenvalue weighted by Crippen LogP contribution is -2.61. The number of hydrogen-bond donors (Lipinski definition) is 0. The van der Waals surface area contributed by atoms with Crippen molar-refractivity contribution in [1.29, 1.82) is 0 Å². The Bertz CT molecular complexity index is 5430.